The van der Waals surface area contributed by atoms with Crippen molar-refractivity contribution in [3.63, 3.8) is 0 Å². The number of amides is 2. The van der Waals surface area contributed by atoms with Crippen molar-refractivity contribution in [2.24, 2.45) is 11.8 Å². The zero-order chi connectivity index (χ0) is 23.8. The molecule has 178 valence electrons. The minimum absolute atomic E-state index is 0.112. The predicted octanol–water partition coefficient (Wildman–Crippen LogP) is 4.55. The van der Waals surface area contributed by atoms with Gasteiger partial charge in [0.2, 0.25) is 0 Å². The predicted molar refractivity (Wildman–Crippen MR) is 124 cm³/mol. The fourth-order valence-electron chi connectivity index (χ4n) is 5.75. The van der Waals surface area contributed by atoms with Gasteiger partial charge in [0.25, 0.3) is 11.8 Å². The van der Waals surface area contributed by atoms with E-state index in [1.165, 1.54) is 32.8 Å². The van der Waals surface area contributed by atoms with Crippen LogP contribution in [0, 0.1) is 11.8 Å². The van der Waals surface area contributed by atoms with E-state index in [1.807, 2.05) is 0 Å². The molecule has 1 aliphatic heterocycles. The Kier molecular flexibility index (Phi) is 6.02. The van der Waals surface area contributed by atoms with Gasteiger partial charge in [0.05, 0.1) is 37.8 Å². The van der Waals surface area contributed by atoms with E-state index in [2.05, 4.69) is 0 Å². The molecular weight excluding hydrogens is 434 g/mol. The molecule has 3 aliphatic rings. The molecule has 0 spiro atoms. The molecule has 5 rings (SSSR count). The van der Waals surface area contributed by atoms with E-state index < -0.39 is 23.8 Å². The fraction of sp³-hybridized carbons (Fsp3) is 0.444. The van der Waals surface area contributed by atoms with Gasteiger partial charge < -0.3 is 14.2 Å². The van der Waals surface area contributed by atoms with Gasteiger partial charge in [-0.05, 0) is 67.3 Å². The first kappa shape index (κ1) is 22.4. The number of nitrogens with zero attached hydrogens (tertiary/aromatic N) is 1. The van der Waals surface area contributed by atoms with Crippen molar-refractivity contribution in [2.45, 2.75) is 50.7 Å². The molecule has 4 unspecified atom stereocenters. The zero-order valence-corrected chi connectivity index (χ0v) is 19.5. The molecule has 2 amide bonds. The van der Waals surface area contributed by atoms with Gasteiger partial charge in [-0.1, -0.05) is 24.6 Å². The second-order valence-corrected chi connectivity index (χ2v) is 9.41. The molecule has 2 fully saturated rings. The smallest absolute Gasteiger partial charge is 0.307 e. The molecular formula is C27H29NO6. The number of esters is 1. The third-order valence-electron chi connectivity index (χ3n) is 7.54. The second-order valence-electron chi connectivity index (χ2n) is 9.41. The van der Waals surface area contributed by atoms with Crippen LogP contribution in [-0.4, -0.2) is 43.0 Å². The molecule has 0 aromatic heterocycles. The maximum atomic E-state index is 13.2. The minimum atomic E-state index is -0.824. The van der Waals surface area contributed by atoms with Crippen LogP contribution in [0.4, 0.5) is 0 Å². The fourth-order valence-corrected chi connectivity index (χ4v) is 5.75. The van der Waals surface area contributed by atoms with Gasteiger partial charge in [0, 0.05) is 0 Å². The van der Waals surface area contributed by atoms with Crippen molar-refractivity contribution in [3.8, 4) is 11.5 Å². The Morgan fingerprint density at radius 3 is 2.35 bits per heavy atom. The van der Waals surface area contributed by atoms with Crippen LogP contribution in [-0.2, 0) is 9.53 Å². The van der Waals surface area contributed by atoms with Crippen molar-refractivity contribution in [2.75, 3.05) is 14.2 Å². The van der Waals surface area contributed by atoms with Crippen LogP contribution in [0.15, 0.2) is 42.5 Å². The quantitative estimate of drug-likeness (QED) is 0.443. The van der Waals surface area contributed by atoms with Gasteiger partial charge in [0.1, 0.15) is 6.10 Å². The summed E-state index contributed by atoms with van der Waals surface area (Å²) >= 11 is 0. The summed E-state index contributed by atoms with van der Waals surface area (Å²) in [5.74, 6) is 1.16. The summed E-state index contributed by atoms with van der Waals surface area (Å²) in [7, 11) is 2.88. The molecule has 34 heavy (non-hydrogen) atoms. The summed E-state index contributed by atoms with van der Waals surface area (Å²) in [4.78, 5) is 39.9. The standard InChI is InChI=1S/C27H29NO6/c1-32-23-12-10-17(14-24(23)34-22-11-8-16-7-9-18(22)13-16)21(15-25(29)33-2)28-26(30)19-5-3-4-6-20(19)27(28)31/h3-6,10,12,14,16,18,21-22H,7-9,11,13,15H2,1-2H3. The summed E-state index contributed by atoms with van der Waals surface area (Å²) in [5.41, 5.74) is 1.30. The molecule has 2 aromatic carbocycles. The Bertz CT molecular complexity index is 1090. The molecule has 2 aliphatic carbocycles. The number of benzene rings is 2. The lowest BCUT2D eigenvalue weighted by Crippen LogP contribution is -2.35. The number of fused-ring (bicyclic) bond motifs is 3. The third kappa shape index (κ3) is 3.93. The van der Waals surface area contributed by atoms with Crippen LogP contribution >= 0.6 is 0 Å². The van der Waals surface area contributed by atoms with E-state index in [0.717, 1.165) is 17.2 Å². The van der Waals surface area contributed by atoms with Crippen LogP contribution < -0.4 is 9.47 Å². The van der Waals surface area contributed by atoms with E-state index in [-0.39, 0.29) is 12.5 Å². The maximum Gasteiger partial charge on any atom is 0.307 e. The number of methoxy groups -OCH3 is 2. The number of hydrogen-bond donors (Lipinski definition) is 0. The molecule has 0 saturated heterocycles. The summed E-state index contributed by atoms with van der Waals surface area (Å²) in [6, 6.07) is 11.2. The van der Waals surface area contributed by atoms with E-state index in [9.17, 15) is 14.4 Å². The van der Waals surface area contributed by atoms with Crippen LogP contribution in [0.25, 0.3) is 0 Å². The first-order valence-corrected chi connectivity index (χ1v) is 11.9. The van der Waals surface area contributed by atoms with Crippen molar-refractivity contribution < 1.29 is 28.6 Å². The zero-order valence-electron chi connectivity index (χ0n) is 19.5. The summed E-state index contributed by atoms with van der Waals surface area (Å²) in [6.07, 6.45) is 5.78. The largest absolute Gasteiger partial charge is 0.493 e. The van der Waals surface area contributed by atoms with Crippen molar-refractivity contribution in [1.82, 2.24) is 4.90 Å². The van der Waals surface area contributed by atoms with E-state index in [1.54, 1.807) is 49.6 Å². The van der Waals surface area contributed by atoms with Gasteiger partial charge in [-0.25, -0.2) is 0 Å². The summed E-state index contributed by atoms with van der Waals surface area (Å²) < 4.78 is 16.9. The SMILES string of the molecule is COC(=O)CC(c1ccc(OC)c(OC2CCC3CCC2C3)c1)N1C(=O)c2ccccc2C1=O. The number of imide groups is 1. The first-order valence-electron chi connectivity index (χ1n) is 11.9. The van der Waals surface area contributed by atoms with Gasteiger partial charge in [-0.15, -0.1) is 0 Å². The van der Waals surface area contributed by atoms with Crippen molar-refractivity contribution >= 4 is 17.8 Å². The maximum absolute atomic E-state index is 13.2. The third-order valence-corrected chi connectivity index (χ3v) is 7.54. The molecule has 0 radical (unpaired) electrons. The number of carbonyl (C=O) groups is 3. The van der Waals surface area contributed by atoms with Crippen LogP contribution in [0.2, 0.25) is 0 Å². The van der Waals surface area contributed by atoms with E-state index in [4.69, 9.17) is 14.2 Å². The highest BCUT2D eigenvalue weighted by atomic mass is 16.5. The highest BCUT2D eigenvalue weighted by molar-refractivity contribution is 6.21. The van der Waals surface area contributed by atoms with Gasteiger partial charge in [-0.3, -0.25) is 19.3 Å². The van der Waals surface area contributed by atoms with Gasteiger partial charge in [-0.2, -0.15) is 0 Å². The van der Waals surface area contributed by atoms with Crippen LogP contribution in [0.3, 0.4) is 0 Å². The molecule has 1 heterocycles. The lowest BCUT2D eigenvalue weighted by molar-refractivity contribution is -0.141. The molecule has 2 aromatic rings. The molecule has 0 N–H and O–H groups in total. The van der Waals surface area contributed by atoms with Crippen molar-refractivity contribution in [3.05, 3.63) is 59.2 Å². The monoisotopic (exact) mass is 463 g/mol. The normalized spacial score (nSPS) is 24.1. The minimum Gasteiger partial charge on any atom is -0.493 e. The average Bonchev–Trinajstić information content (AvgIpc) is 3.37. The van der Waals surface area contributed by atoms with Crippen LogP contribution in [0.1, 0.15) is 70.8 Å². The van der Waals surface area contributed by atoms with Crippen LogP contribution in [0.5, 0.6) is 11.5 Å². The average molecular weight is 464 g/mol. The Morgan fingerprint density at radius 1 is 0.971 bits per heavy atom. The van der Waals surface area contributed by atoms with Crippen molar-refractivity contribution in [1.29, 1.82) is 0 Å². The second kappa shape index (κ2) is 9.12. The molecule has 4 atom stereocenters. The van der Waals surface area contributed by atoms with Gasteiger partial charge >= 0.3 is 5.97 Å². The summed E-state index contributed by atoms with van der Waals surface area (Å²) in [5, 5.41) is 0. The lowest BCUT2D eigenvalue weighted by atomic mass is 9.87. The number of carbonyl (C=O) groups excluding carboxylic acids is 3. The molecule has 7 nitrogen and oxygen atoms in total. The topological polar surface area (TPSA) is 82.1 Å². The Balaban J connectivity index is 1.49. The highest BCUT2D eigenvalue weighted by Gasteiger charge is 2.42. The Morgan fingerprint density at radius 2 is 1.68 bits per heavy atom. The van der Waals surface area contributed by atoms with Gasteiger partial charge in [0.15, 0.2) is 11.5 Å². The molecule has 7 heteroatoms. The highest BCUT2D eigenvalue weighted by Crippen LogP contribution is 2.45. The number of ether oxygens (including phenoxy) is 3. The Labute approximate surface area is 199 Å². The lowest BCUT2D eigenvalue weighted by Gasteiger charge is -2.31. The van der Waals surface area contributed by atoms with E-state index >= 15 is 0 Å². The molecule has 2 saturated carbocycles. The Hall–Kier alpha value is -3.35. The number of rotatable bonds is 7. The number of hydrogen-bond acceptors (Lipinski definition) is 6. The first-order chi connectivity index (χ1) is 16.5. The molecule has 2 bridgehead atoms. The summed E-state index contributed by atoms with van der Waals surface area (Å²) in [6.45, 7) is 0. The van der Waals surface area contributed by atoms with E-state index in [0.29, 0.717) is 34.1 Å².